The van der Waals surface area contributed by atoms with Gasteiger partial charge in [0.15, 0.2) is 0 Å². The maximum atomic E-state index is 10.0. The van der Waals surface area contributed by atoms with Crippen LogP contribution in [0.25, 0.3) is 10.1 Å². The van der Waals surface area contributed by atoms with Gasteiger partial charge in [0.05, 0.1) is 11.1 Å². The zero-order valence-corrected chi connectivity index (χ0v) is 11.0. The van der Waals surface area contributed by atoms with E-state index >= 15 is 0 Å². The van der Waals surface area contributed by atoms with Gasteiger partial charge in [-0.1, -0.05) is 30.5 Å². The molecule has 2 aromatic rings. The highest BCUT2D eigenvalue weighted by molar-refractivity contribution is 8.16. The van der Waals surface area contributed by atoms with Gasteiger partial charge in [0.25, 0.3) is 0 Å². The summed E-state index contributed by atoms with van der Waals surface area (Å²) in [4.78, 5) is 4.78. The number of hydrazone groups is 1. The number of aromatic hydroxyl groups is 1. The normalized spacial score (nSPS) is 12.3. The molecule has 0 radical (unpaired) electrons. The van der Waals surface area contributed by atoms with E-state index in [1.165, 1.54) is 23.1 Å². The van der Waals surface area contributed by atoms with E-state index in [-0.39, 0.29) is 5.75 Å². The SMILES string of the molecule is C=CS/C(N=Cc1sc2ccccc2c1O)=N\N. The number of amidine groups is 1. The third-order valence-electron chi connectivity index (χ3n) is 2.19. The van der Waals surface area contributed by atoms with Crippen LogP contribution in [0, 0.1) is 0 Å². The van der Waals surface area contributed by atoms with Crippen molar-refractivity contribution < 1.29 is 5.11 Å². The minimum Gasteiger partial charge on any atom is -0.506 e. The monoisotopic (exact) mass is 277 g/mol. The van der Waals surface area contributed by atoms with Crippen LogP contribution >= 0.6 is 23.1 Å². The Labute approximate surface area is 113 Å². The molecule has 2 rings (SSSR count). The molecule has 0 spiro atoms. The zero-order chi connectivity index (χ0) is 13.0. The first-order chi connectivity index (χ1) is 8.76. The average Bonchev–Trinajstić information content (AvgIpc) is 2.72. The molecule has 92 valence electrons. The topological polar surface area (TPSA) is 71.0 Å². The quantitative estimate of drug-likeness (QED) is 0.383. The number of fused-ring (bicyclic) bond motifs is 1. The fourth-order valence-electron chi connectivity index (χ4n) is 1.42. The summed E-state index contributed by atoms with van der Waals surface area (Å²) in [7, 11) is 0. The lowest BCUT2D eigenvalue weighted by atomic mass is 10.2. The van der Waals surface area contributed by atoms with Gasteiger partial charge in [-0.25, -0.2) is 4.99 Å². The highest BCUT2D eigenvalue weighted by Gasteiger charge is 2.08. The van der Waals surface area contributed by atoms with E-state index in [1.54, 1.807) is 11.6 Å². The number of hydrogen-bond acceptors (Lipinski definition) is 5. The van der Waals surface area contributed by atoms with Crippen LogP contribution in [-0.2, 0) is 0 Å². The van der Waals surface area contributed by atoms with E-state index < -0.39 is 0 Å². The number of nitrogens with two attached hydrogens (primary N) is 1. The number of aliphatic imine (C=N–C) groups is 1. The van der Waals surface area contributed by atoms with Crippen molar-refractivity contribution in [2.45, 2.75) is 0 Å². The van der Waals surface area contributed by atoms with Crippen molar-refractivity contribution in [1.82, 2.24) is 0 Å². The molecule has 4 nitrogen and oxygen atoms in total. The molecule has 0 saturated heterocycles. The highest BCUT2D eigenvalue weighted by Crippen LogP contribution is 2.35. The minimum absolute atomic E-state index is 0.235. The Morgan fingerprint density at radius 2 is 2.22 bits per heavy atom. The van der Waals surface area contributed by atoms with Crippen molar-refractivity contribution >= 4 is 44.6 Å². The van der Waals surface area contributed by atoms with E-state index in [4.69, 9.17) is 5.84 Å². The van der Waals surface area contributed by atoms with Crippen molar-refractivity contribution in [3.63, 3.8) is 0 Å². The minimum atomic E-state index is 0.235. The van der Waals surface area contributed by atoms with Gasteiger partial charge in [-0.05, 0) is 17.5 Å². The van der Waals surface area contributed by atoms with Crippen LogP contribution in [0.15, 0.2) is 46.3 Å². The predicted molar refractivity (Wildman–Crippen MR) is 80.5 cm³/mol. The third-order valence-corrected chi connectivity index (χ3v) is 3.87. The predicted octanol–water partition coefficient (Wildman–Crippen LogP) is 3.13. The molecule has 3 N–H and O–H groups in total. The average molecular weight is 277 g/mol. The van der Waals surface area contributed by atoms with Crippen molar-refractivity contribution in [3.05, 3.63) is 41.1 Å². The second kappa shape index (κ2) is 5.70. The first-order valence-electron chi connectivity index (χ1n) is 5.06. The van der Waals surface area contributed by atoms with Crippen molar-refractivity contribution in [1.29, 1.82) is 0 Å². The Morgan fingerprint density at radius 1 is 1.44 bits per heavy atom. The maximum absolute atomic E-state index is 10.0. The summed E-state index contributed by atoms with van der Waals surface area (Å²) in [6, 6.07) is 7.64. The smallest absolute Gasteiger partial charge is 0.210 e. The largest absolute Gasteiger partial charge is 0.506 e. The Balaban J connectivity index is 2.34. The van der Waals surface area contributed by atoms with Crippen LogP contribution in [0.4, 0.5) is 0 Å². The second-order valence-electron chi connectivity index (χ2n) is 3.27. The lowest BCUT2D eigenvalue weighted by Gasteiger charge is -1.92. The molecule has 0 aliphatic carbocycles. The summed E-state index contributed by atoms with van der Waals surface area (Å²) in [5.41, 5.74) is 0. The molecule has 0 fully saturated rings. The molecule has 0 atom stereocenters. The number of thioether (sulfide) groups is 1. The molecule has 0 saturated carbocycles. The van der Waals surface area contributed by atoms with Crippen molar-refractivity contribution in [2.75, 3.05) is 0 Å². The molecule has 0 aliphatic heterocycles. The van der Waals surface area contributed by atoms with E-state index in [0.29, 0.717) is 10.0 Å². The van der Waals surface area contributed by atoms with E-state index in [1.807, 2.05) is 24.3 Å². The summed E-state index contributed by atoms with van der Waals surface area (Å²) in [6.45, 7) is 3.56. The van der Waals surface area contributed by atoms with Crippen LogP contribution < -0.4 is 5.84 Å². The molecule has 0 unspecified atom stereocenters. The van der Waals surface area contributed by atoms with E-state index in [0.717, 1.165) is 10.1 Å². The molecule has 0 aliphatic rings. The molecule has 1 aromatic heterocycles. The van der Waals surface area contributed by atoms with Crippen LogP contribution in [0.5, 0.6) is 5.75 Å². The summed E-state index contributed by atoms with van der Waals surface area (Å²) < 4.78 is 1.01. The van der Waals surface area contributed by atoms with E-state index in [9.17, 15) is 5.11 Å². The molecule has 1 aromatic carbocycles. The summed E-state index contributed by atoms with van der Waals surface area (Å²) in [5.74, 6) is 5.42. The first kappa shape index (κ1) is 12.7. The van der Waals surface area contributed by atoms with Crippen molar-refractivity contribution in [3.8, 4) is 5.75 Å². The van der Waals surface area contributed by atoms with Gasteiger partial charge in [-0.2, -0.15) is 5.10 Å². The lowest BCUT2D eigenvalue weighted by molar-refractivity contribution is 0.483. The van der Waals surface area contributed by atoms with Gasteiger partial charge in [0.2, 0.25) is 5.17 Å². The van der Waals surface area contributed by atoms with E-state index in [2.05, 4.69) is 16.7 Å². The summed E-state index contributed by atoms with van der Waals surface area (Å²) in [5, 5.41) is 16.3. The second-order valence-corrected chi connectivity index (χ2v) is 5.28. The number of rotatable bonds is 2. The van der Waals surface area contributed by atoms with Gasteiger partial charge in [-0.3, -0.25) is 0 Å². The van der Waals surface area contributed by atoms with Crippen LogP contribution in [0.3, 0.4) is 0 Å². The Kier molecular flexibility index (Phi) is 4.01. The number of thiophene rings is 1. The van der Waals surface area contributed by atoms with Gasteiger partial charge < -0.3 is 10.9 Å². The lowest BCUT2D eigenvalue weighted by Crippen LogP contribution is -1.92. The molecule has 6 heteroatoms. The molecule has 0 amide bonds. The standard InChI is InChI=1S/C12H11N3OS2/c1-2-17-12(15-13)14-7-10-11(16)8-5-3-4-6-9(8)18-10/h2-7,16H,1,13H2/b14-7?,15-12-. The highest BCUT2D eigenvalue weighted by atomic mass is 32.2. The van der Waals surface area contributed by atoms with Crippen LogP contribution in [0.2, 0.25) is 0 Å². The molecule has 0 bridgehead atoms. The number of hydrogen-bond donors (Lipinski definition) is 2. The maximum Gasteiger partial charge on any atom is 0.210 e. The summed E-state index contributed by atoms with van der Waals surface area (Å²) >= 11 is 2.69. The van der Waals surface area contributed by atoms with Crippen molar-refractivity contribution in [2.24, 2.45) is 15.9 Å². The van der Waals surface area contributed by atoms with Crippen LogP contribution in [-0.4, -0.2) is 16.5 Å². The Bertz CT molecular complexity index is 631. The zero-order valence-electron chi connectivity index (χ0n) is 9.41. The molecular weight excluding hydrogens is 266 g/mol. The third kappa shape index (κ3) is 2.55. The van der Waals surface area contributed by atoms with Gasteiger partial charge in [-0.15, -0.1) is 11.3 Å². The Morgan fingerprint density at radius 3 is 2.89 bits per heavy atom. The number of nitrogens with zero attached hydrogens (tertiary/aromatic N) is 2. The molecule has 1 heterocycles. The molecular formula is C12H11N3OS2. The van der Waals surface area contributed by atoms with Gasteiger partial charge in [0.1, 0.15) is 5.75 Å². The van der Waals surface area contributed by atoms with Gasteiger partial charge >= 0.3 is 0 Å². The number of benzene rings is 1. The fourth-order valence-corrected chi connectivity index (χ4v) is 2.71. The fraction of sp³-hybridized carbons (Fsp3) is 0. The molecule has 18 heavy (non-hydrogen) atoms. The summed E-state index contributed by atoms with van der Waals surface area (Å²) in [6.07, 6.45) is 1.56. The Hall–Kier alpha value is -1.79. The first-order valence-corrected chi connectivity index (χ1v) is 6.76. The van der Waals surface area contributed by atoms with Gasteiger partial charge in [0, 0.05) is 10.1 Å². The van der Waals surface area contributed by atoms with Crippen LogP contribution in [0.1, 0.15) is 4.88 Å².